The molecule has 1 rings (SSSR count). The van der Waals surface area contributed by atoms with Gasteiger partial charge in [0.25, 0.3) is 0 Å². The van der Waals surface area contributed by atoms with Gasteiger partial charge in [-0.1, -0.05) is 31.4 Å². The third kappa shape index (κ3) is 2.68. The molecule has 0 aliphatic carbocycles. The molecule has 0 radical (unpaired) electrons. The van der Waals surface area contributed by atoms with Crippen LogP contribution in [0.3, 0.4) is 0 Å². The summed E-state index contributed by atoms with van der Waals surface area (Å²) in [5.41, 5.74) is -0.839. The molecule has 7 heteroatoms. The van der Waals surface area contributed by atoms with Crippen LogP contribution in [0.25, 0.3) is 5.57 Å². The van der Waals surface area contributed by atoms with Crippen molar-refractivity contribution in [2.45, 2.75) is 6.18 Å². The highest BCUT2D eigenvalue weighted by Crippen LogP contribution is 2.29. The number of allylic oxidation sites excluding steroid dienone is 4. The molecule has 0 aliphatic rings. The van der Waals surface area contributed by atoms with E-state index in [0.717, 1.165) is 0 Å². The largest absolute Gasteiger partial charge is 0.477 e. The summed E-state index contributed by atoms with van der Waals surface area (Å²) < 4.78 is 37.3. The van der Waals surface area contributed by atoms with Crippen LogP contribution < -0.4 is 0 Å². The highest BCUT2D eigenvalue weighted by molar-refractivity contribution is 5.93. The average molecular weight is 258 g/mol. The Labute approximate surface area is 100 Å². The minimum absolute atomic E-state index is 0.133. The van der Waals surface area contributed by atoms with Gasteiger partial charge in [0.1, 0.15) is 5.69 Å². The quantitative estimate of drug-likeness (QED) is 0.816. The Balaban J connectivity index is 3.47. The zero-order chi connectivity index (χ0) is 13.9. The SMILES string of the molecule is C=C/C=C(\C=C)c1nc(C(F)(F)F)[nH]c1C(=O)O. The van der Waals surface area contributed by atoms with Gasteiger partial charge in [-0.15, -0.1) is 0 Å². The summed E-state index contributed by atoms with van der Waals surface area (Å²) in [6.45, 7) is 6.76. The van der Waals surface area contributed by atoms with Crippen molar-refractivity contribution in [2.75, 3.05) is 0 Å². The molecule has 0 amide bonds. The van der Waals surface area contributed by atoms with Crippen LogP contribution in [-0.4, -0.2) is 21.0 Å². The minimum Gasteiger partial charge on any atom is -0.477 e. The first-order chi connectivity index (χ1) is 8.31. The van der Waals surface area contributed by atoms with Gasteiger partial charge in [0, 0.05) is 5.57 Å². The second-order valence-corrected chi connectivity index (χ2v) is 3.17. The number of aromatic amines is 1. The molecule has 2 N–H and O–H groups in total. The van der Waals surface area contributed by atoms with Crippen molar-refractivity contribution in [3.63, 3.8) is 0 Å². The van der Waals surface area contributed by atoms with Gasteiger partial charge in [0.05, 0.1) is 0 Å². The number of carboxylic acids is 1. The first-order valence-electron chi connectivity index (χ1n) is 4.67. The standard InChI is InChI=1S/C11H9F3N2O2/c1-3-5-6(4-2)7-8(9(17)18)16-10(15-7)11(12,13)14/h3-5H,1-2H2,(H,15,16)(H,17,18)/b6-5+. The van der Waals surface area contributed by atoms with E-state index in [-0.39, 0.29) is 11.3 Å². The number of imidazole rings is 1. The van der Waals surface area contributed by atoms with Gasteiger partial charge in [-0.05, 0) is 0 Å². The smallest absolute Gasteiger partial charge is 0.449 e. The summed E-state index contributed by atoms with van der Waals surface area (Å²) >= 11 is 0. The van der Waals surface area contributed by atoms with Crippen molar-refractivity contribution in [3.05, 3.63) is 48.6 Å². The van der Waals surface area contributed by atoms with Gasteiger partial charge in [0.2, 0.25) is 5.82 Å². The summed E-state index contributed by atoms with van der Waals surface area (Å²) in [4.78, 5) is 15.8. The van der Waals surface area contributed by atoms with Gasteiger partial charge in [0.15, 0.2) is 5.69 Å². The number of rotatable bonds is 4. The first kappa shape index (κ1) is 13.8. The zero-order valence-electron chi connectivity index (χ0n) is 9.08. The van der Waals surface area contributed by atoms with Gasteiger partial charge >= 0.3 is 12.1 Å². The van der Waals surface area contributed by atoms with Gasteiger partial charge in [-0.25, -0.2) is 9.78 Å². The number of H-pyrrole nitrogens is 1. The first-order valence-corrected chi connectivity index (χ1v) is 4.67. The average Bonchev–Trinajstić information content (AvgIpc) is 2.70. The molecule has 0 atom stereocenters. The summed E-state index contributed by atoms with van der Waals surface area (Å²) in [5, 5.41) is 8.83. The molecule has 18 heavy (non-hydrogen) atoms. The van der Waals surface area contributed by atoms with Crippen LogP contribution in [0.15, 0.2) is 31.4 Å². The molecule has 0 aromatic carbocycles. The van der Waals surface area contributed by atoms with Gasteiger partial charge in [-0.3, -0.25) is 0 Å². The topological polar surface area (TPSA) is 66.0 Å². The molecule has 1 aromatic heterocycles. The number of nitrogens with zero attached hydrogens (tertiary/aromatic N) is 1. The van der Waals surface area contributed by atoms with E-state index in [9.17, 15) is 18.0 Å². The minimum atomic E-state index is -4.75. The van der Waals surface area contributed by atoms with Crippen LogP contribution >= 0.6 is 0 Å². The second-order valence-electron chi connectivity index (χ2n) is 3.17. The molecular weight excluding hydrogens is 249 g/mol. The summed E-state index contributed by atoms with van der Waals surface area (Å²) in [7, 11) is 0. The van der Waals surface area contributed by atoms with Crippen LogP contribution in [0.4, 0.5) is 13.2 Å². The molecule has 0 saturated carbocycles. The Bertz CT molecular complexity index is 527. The third-order valence-corrected chi connectivity index (χ3v) is 1.98. The van der Waals surface area contributed by atoms with Crippen LogP contribution in [0.1, 0.15) is 22.0 Å². The monoisotopic (exact) mass is 258 g/mol. The van der Waals surface area contributed by atoms with E-state index in [0.29, 0.717) is 0 Å². The van der Waals surface area contributed by atoms with Gasteiger partial charge in [-0.2, -0.15) is 13.2 Å². The number of hydrogen-bond donors (Lipinski definition) is 2. The zero-order valence-corrected chi connectivity index (χ0v) is 9.08. The molecule has 1 heterocycles. The van der Waals surface area contributed by atoms with Crippen molar-refractivity contribution >= 4 is 11.5 Å². The molecule has 0 unspecified atom stereocenters. The maximum atomic E-state index is 12.4. The molecule has 0 spiro atoms. The summed E-state index contributed by atoms with van der Waals surface area (Å²) in [5.74, 6) is -2.91. The van der Waals surface area contributed by atoms with Crippen molar-refractivity contribution in [1.29, 1.82) is 0 Å². The highest BCUT2D eigenvalue weighted by Gasteiger charge is 2.37. The Morgan fingerprint density at radius 3 is 2.39 bits per heavy atom. The molecular formula is C11H9F3N2O2. The molecule has 0 bridgehead atoms. The predicted octanol–water partition coefficient (Wildman–Crippen LogP) is 2.88. The number of carbonyl (C=O) groups is 1. The van der Waals surface area contributed by atoms with E-state index >= 15 is 0 Å². The van der Waals surface area contributed by atoms with E-state index in [1.165, 1.54) is 18.2 Å². The normalized spacial score (nSPS) is 12.3. The lowest BCUT2D eigenvalue weighted by Gasteiger charge is -1.99. The van der Waals surface area contributed by atoms with Crippen molar-refractivity contribution in [3.8, 4) is 0 Å². The number of carboxylic acid groups (broad SMARTS) is 1. The van der Waals surface area contributed by atoms with E-state index in [1.54, 1.807) is 4.98 Å². The van der Waals surface area contributed by atoms with Gasteiger partial charge < -0.3 is 10.1 Å². The van der Waals surface area contributed by atoms with Crippen LogP contribution in [0, 0.1) is 0 Å². The van der Waals surface area contributed by atoms with E-state index in [1.807, 2.05) is 0 Å². The Kier molecular flexibility index (Phi) is 3.75. The van der Waals surface area contributed by atoms with Crippen LogP contribution in [0.2, 0.25) is 0 Å². The predicted molar refractivity (Wildman–Crippen MR) is 58.9 cm³/mol. The molecule has 0 fully saturated rings. The number of hydrogen-bond acceptors (Lipinski definition) is 2. The summed E-state index contributed by atoms with van der Waals surface area (Å²) in [6, 6.07) is 0. The van der Waals surface area contributed by atoms with Crippen LogP contribution in [0.5, 0.6) is 0 Å². The fourth-order valence-corrected chi connectivity index (χ4v) is 1.24. The maximum absolute atomic E-state index is 12.4. The van der Waals surface area contributed by atoms with Crippen molar-refractivity contribution < 1.29 is 23.1 Å². The third-order valence-electron chi connectivity index (χ3n) is 1.98. The van der Waals surface area contributed by atoms with Crippen molar-refractivity contribution in [1.82, 2.24) is 9.97 Å². The second kappa shape index (κ2) is 4.91. The number of aromatic nitrogens is 2. The van der Waals surface area contributed by atoms with E-state index < -0.39 is 23.7 Å². The molecule has 4 nitrogen and oxygen atoms in total. The fraction of sp³-hybridized carbons (Fsp3) is 0.0909. The van der Waals surface area contributed by atoms with E-state index in [4.69, 9.17) is 5.11 Å². The highest BCUT2D eigenvalue weighted by atomic mass is 19.4. The number of aromatic carboxylic acids is 1. The number of alkyl halides is 3. The molecule has 0 aliphatic heterocycles. The van der Waals surface area contributed by atoms with Crippen LogP contribution in [-0.2, 0) is 6.18 Å². The van der Waals surface area contributed by atoms with E-state index in [2.05, 4.69) is 18.1 Å². The lowest BCUT2D eigenvalue weighted by molar-refractivity contribution is -0.144. The number of nitrogens with one attached hydrogen (secondary N) is 1. The fourth-order valence-electron chi connectivity index (χ4n) is 1.24. The maximum Gasteiger partial charge on any atom is 0.449 e. The number of halogens is 3. The Morgan fingerprint density at radius 2 is 2.00 bits per heavy atom. The lowest BCUT2D eigenvalue weighted by atomic mass is 10.1. The summed E-state index contributed by atoms with van der Waals surface area (Å²) in [6.07, 6.45) is -0.937. The molecule has 96 valence electrons. The Morgan fingerprint density at radius 1 is 1.39 bits per heavy atom. The lowest BCUT2D eigenvalue weighted by Crippen LogP contribution is -2.08. The molecule has 0 saturated heterocycles. The molecule has 1 aromatic rings. The van der Waals surface area contributed by atoms with Crippen molar-refractivity contribution in [2.24, 2.45) is 0 Å². The Hall–Kier alpha value is -2.31.